The lowest BCUT2D eigenvalue weighted by Gasteiger charge is -2.30. The summed E-state index contributed by atoms with van der Waals surface area (Å²) in [6.45, 7) is 2.49. The summed E-state index contributed by atoms with van der Waals surface area (Å²) in [6.07, 6.45) is 0.311. The van der Waals surface area contributed by atoms with Crippen LogP contribution in [0.5, 0.6) is 0 Å². The normalized spacial score (nSPS) is 28.3. The number of hydrogen-bond donors (Lipinski definition) is 5. The zero-order valence-corrected chi connectivity index (χ0v) is 21.3. The first-order chi connectivity index (χ1) is 17.5. The van der Waals surface area contributed by atoms with E-state index in [1.165, 1.54) is 11.9 Å². The number of rotatable bonds is 4. The Morgan fingerprint density at radius 2 is 1.62 bits per heavy atom. The first-order valence-corrected chi connectivity index (χ1v) is 12.4. The number of nitrogens with two attached hydrogens (primary N) is 1. The van der Waals surface area contributed by atoms with E-state index < -0.39 is 72.9 Å². The van der Waals surface area contributed by atoms with E-state index in [9.17, 15) is 29.1 Å². The highest BCUT2D eigenvalue weighted by Gasteiger charge is 2.42. The monoisotopic (exact) mass is 516 g/mol. The lowest BCUT2D eigenvalue weighted by molar-refractivity contribution is -0.143. The number of nitrogens with zero attached hydrogens (tertiary/aromatic N) is 2. The molecule has 37 heavy (non-hydrogen) atoms. The molecular formula is C25H36N6O6. The van der Waals surface area contributed by atoms with Crippen LogP contribution in [0.3, 0.4) is 0 Å². The van der Waals surface area contributed by atoms with Crippen LogP contribution in [0.15, 0.2) is 30.3 Å². The first-order valence-electron chi connectivity index (χ1n) is 12.4. The number of fused-ring (bicyclic) bond motifs is 1. The number of carbonyl (C=O) groups excluding carboxylic acids is 5. The second-order valence-electron chi connectivity index (χ2n) is 9.98. The van der Waals surface area contributed by atoms with Crippen molar-refractivity contribution >= 4 is 29.5 Å². The van der Waals surface area contributed by atoms with E-state index in [1.807, 2.05) is 30.3 Å². The van der Waals surface area contributed by atoms with Crippen LogP contribution in [0.1, 0.15) is 25.8 Å². The molecule has 0 saturated carbocycles. The fourth-order valence-electron chi connectivity index (χ4n) is 4.64. The number of aliphatic hydroxyl groups is 1. The minimum Gasteiger partial charge on any atom is -0.394 e. The third-order valence-electron chi connectivity index (χ3n) is 6.64. The summed E-state index contributed by atoms with van der Waals surface area (Å²) in [5.41, 5.74) is 6.91. The Hall–Kier alpha value is -3.51. The van der Waals surface area contributed by atoms with Crippen molar-refractivity contribution in [2.75, 3.05) is 26.7 Å². The summed E-state index contributed by atoms with van der Waals surface area (Å²) in [5.74, 6) is -3.31. The van der Waals surface area contributed by atoms with Crippen LogP contribution in [0, 0.1) is 5.92 Å². The summed E-state index contributed by atoms with van der Waals surface area (Å²) in [5, 5.41) is 17.7. The summed E-state index contributed by atoms with van der Waals surface area (Å²) >= 11 is 0. The molecule has 12 nitrogen and oxygen atoms in total. The number of hydrogen-bond acceptors (Lipinski definition) is 7. The van der Waals surface area contributed by atoms with Gasteiger partial charge in [-0.25, -0.2) is 0 Å². The van der Waals surface area contributed by atoms with Gasteiger partial charge in [0.15, 0.2) is 0 Å². The maximum atomic E-state index is 13.8. The molecule has 2 heterocycles. The molecule has 5 atom stereocenters. The van der Waals surface area contributed by atoms with Crippen LogP contribution < -0.4 is 21.7 Å². The van der Waals surface area contributed by atoms with E-state index in [-0.39, 0.29) is 25.3 Å². The molecule has 0 aromatic heterocycles. The Morgan fingerprint density at radius 3 is 2.24 bits per heavy atom. The number of likely N-dealkylation sites (N-methyl/N-ethyl adjacent to an activating group) is 1. The van der Waals surface area contributed by atoms with Crippen LogP contribution in [0.4, 0.5) is 0 Å². The van der Waals surface area contributed by atoms with Gasteiger partial charge in [0.25, 0.3) is 0 Å². The van der Waals surface area contributed by atoms with E-state index in [1.54, 1.807) is 13.8 Å². The molecule has 12 heteroatoms. The highest BCUT2D eigenvalue weighted by molar-refractivity contribution is 5.97. The molecule has 0 spiro atoms. The molecule has 202 valence electrons. The van der Waals surface area contributed by atoms with Crippen molar-refractivity contribution in [2.45, 2.75) is 56.9 Å². The molecule has 6 N–H and O–H groups in total. The molecule has 2 fully saturated rings. The molecule has 5 amide bonds. The van der Waals surface area contributed by atoms with Gasteiger partial charge in [0.1, 0.15) is 24.2 Å². The molecule has 2 aliphatic heterocycles. The van der Waals surface area contributed by atoms with Crippen molar-refractivity contribution in [3.63, 3.8) is 0 Å². The van der Waals surface area contributed by atoms with Gasteiger partial charge < -0.3 is 36.6 Å². The Bertz CT molecular complexity index is 1020. The van der Waals surface area contributed by atoms with Gasteiger partial charge in [-0.3, -0.25) is 24.0 Å². The average Bonchev–Trinajstić information content (AvgIpc) is 3.25. The van der Waals surface area contributed by atoms with E-state index in [2.05, 4.69) is 16.0 Å². The van der Waals surface area contributed by atoms with Gasteiger partial charge in [-0.05, 0) is 17.9 Å². The number of benzene rings is 1. The summed E-state index contributed by atoms with van der Waals surface area (Å²) in [7, 11) is 1.36. The van der Waals surface area contributed by atoms with Crippen molar-refractivity contribution < 1.29 is 29.1 Å². The van der Waals surface area contributed by atoms with Crippen molar-refractivity contribution in [1.82, 2.24) is 25.8 Å². The van der Waals surface area contributed by atoms with Crippen molar-refractivity contribution in [3.8, 4) is 0 Å². The standard InChI is InChI=1S/C25H36N6O6/c1-14(2)21-23(35)27-17(9-15-7-5-4-6-8-15)25(37)31-11-16(26)10-19(31)22(34)28-18(13-32)24(36)30(3)12-20(33)29-21/h4-8,14,16-19,21,32H,9-13,26H2,1-3H3,(H,27,35)(H,28,34)(H,29,33)/t16-,17-,18-,19-,21+/m0/s1. The maximum absolute atomic E-state index is 13.8. The first kappa shape index (κ1) is 28.1. The Labute approximate surface area is 215 Å². The quantitative estimate of drug-likeness (QED) is 0.300. The molecule has 2 aliphatic rings. The lowest BCUT2D eigenvalue weighted by atomic mass is 10.0. The van der Waals surface area contributed by atoms with Crippen LogP contribution in [0.25, 0.3) is 0 Å². The van der Waals surface area contributed by atoms with Gasteiger partial charge in [0.05, 0.1) is 13.2 Å². The molecule has 1 aromatic rings. The number of nitrogens with one attached hydrogen (secondary N) is 3. The van der Waals surface area contributed by atoms with Crippen LogP contribution in [0.2, 0.25) is 0 Å². The predicted molar refractivity (Wildman–Crippen MR) is 134 cm³/mol. The van der Waals surface area contributed by atoms with E-state index in [4.69, 9.17) is 5.73 Å². The molecule has 3 rings (SSSR count). The van der Waals surface area contributed by atoms with Gasteiger partial charge in [-0.1, -0.05) is 44.2 Å². The van der Waals surface area contributed by atoms with Crippen LogP contribution >= 0.6 is 0 Å². The zero-order chi connectivity index (χ0) is 27.3. The fourth-order valence-corrected chi connectivity index (χ4v) is 4.64. The van der Waals surface area contributed by atoms with Crippen molar-refractivity contribution in [3.05, 3.63) is 35.9 Å². The molecule has 1 aromatic carbocycles. The molecule has 2 saturated heterocycles. The molecule has 0 bridgehead atoms. The number of aliphatic hydroxyl groups excluding tert-OH is 1. The van der Waals surface area contributed by atoms with Gasteiger partial charge in [0, 0.05) is 26.1 Å². The van der Waals surface area contributed by atoms with Gasteiger partial charge in [-0.2, -0.15) is 0 Å². The van der Waals surface area contributed by atoms with Crippen molar-refractivity contribution in [1.29, 1.82) is 0 Å². The molecule has 0 unspecified atom stereocenters. The smallest absolute Gasteiger partial charge is 0.247 e. The van der Waals surface area contributed by atoms with Gasteiger partial charge in [-0.15, -0.1) is 0 Å². The summed E-state index contributed by atoms with van der Waals surface area (Å²) in [4.78, 5) is 68.2. The summed E-state index contributed by atoms with van der Waals surface area (Å²) in [6, 6.07) is 4.31. The maximum Gasteiger partial charge on any atom is 0.247 e. The molecule has 0 aliphatic carbocycles. The van der Waals surface area contributed by atoms with Crippen LogP contribution in [-0.2, 0) is 30.4 Å². The van der Waals surface area contributed by atoms with Gasteiger partial charge in [0.2, 0.25) is 29.5 Å². The minimum atomic E-state index is -1.31. The third-order valence-corrected chi connectivity index (χ3v) is 6.64. The highest BCUT2D eigenvalue weighted by atomic mass is 16.3. The number of carbonyl (C=O) groups is 5. The molecule has 0 radical (unpaired) electrons. The SMILES string of the molecule is CC(C)[C@H]1NC(=O)CN(C)C(=O)[C@H](CO)NC(=O)[C@@H]2C[C@H](N)CN2C(=O)[C@H](Cc2ccccc2)NC1=O. The van der Waals surface area contributed by atoms with Gasteiger partial charge >= 0.3 is 0 Å². The Morgan fingerprint density at radius 1 is 0.973 bits per heavy atom. The molecular weight excluding hydrogens is 480 g/mol. The topological polar surface area (TPSA) is 174 Å². The van der Waals surface area contributed by atoms with E-state index in [0.29, 0.717) is 0 Å². The van der Waals surface area contributed by atoms with Crippen molar-refractivity contribution in [2.24, 2.45) is 11.7 Å². The third kappa shape index (κ3) is 6.83. The summed E-state index contributed by atoms with van der Waals surface area (Å²) < 4.78 is 0. The Balaban J connectivity index is 2.01. The zero-order valence-electron chi connectivity index (χ0n) is 21.3. The lowest BCUT2D eigenvalue weighted by Crippen LogP contribution is -2.58. The highest BCUT2D eigenvalue weighted by Crippen LogP contribution is 2.20. The fraction of sp³-hybridized carbons (Fsp3) is 0.560. The largest absolute Gasteiger partial charge is 0.394 e. The second-order valence-corrected chi connectivity index (χ2v) is 9.98. The van der Waals surface area contributed by atoms with Crippen LogP contribution in [-0.4, -0.2) is 101 Å². The van der Waals surface area contributed by atoms with E-state index in [0.717, 1.165) is 10.5 Å². The minimum absolute atomic E-state index is 0.0834. The average molecular weight is 517 g/mol. The second kappa shape index (κ2) is 12.2. The Kier molecular flexibility index (Phi) is 9.22. The predicted octanol–water partition coefficient (Wildman–Crippen LogP) is -2.27. The number of amides is 5. The van der Waals surface area contributed by atoms with E-state index >= 15 is 0 Å².